The van der Waals surface area contributed by atoms with Crippen LogP contribution in [-0.4, -0.2) is 26.5 Å². The van der Waals surface area contributed by atoms with Crippen LogP contribution < -0.4 is 10.6 Å². The topological polar surface area (TPSA) is 92.3 Å². The number of hydrogen-bond donors (Lipinski definition) is 2. The van der Waals surface area contributed by atoms with E-state index in [1.807, 2.05) is 13.0 Å². The fourth-order valence-electron chi connectivity index (χ4n) is 2.79. The van der Waals surface area contributed by atoms with Crippen molar-refractivity contribution in [3.63, 3.8) is 0 Å². The third-order valence-electron chi connectivity index (χ3n) is 4.31. The predicted octanol–water partition coefficient (Wildman–Crippen LogP) is 4.04. The Hall–Kier alpha value is -3.52. The number of carbonyl (C=O) groups excluding carboxylic acids is 2. The number of halogens is 1. The van der Waals surface area contributed by atoms with Crippen molar-refractivity contribution in [2.75, 3.05) is 16.9 Å². The molecule has 2 amide bonds. The normalized spacial score (nSPS) is 11.0. The highest BCUT2D eigenvalue weighted by Crippen LogP contribution is 2.23. The van der Waals surface area contributed by atoms with E-state index in [2.05, 4.69) is 10.6 Å². The van der Waals surface area contributed by atoms with Crippen LogP contribution in [0.5, 0.6) is 0 Å². The quantitative estimate of drug-likeness (QED) is 0.602. The maximum Gasteiger partial charge on any atom is 0.257 e. The summed E-state index contributed by atoms with van der Waals surface area (Å²) in [4.78, 5) is 25.2. The van der Waals surface area contributed by atoms with Crippen molar-refractivity contribution in [2.24, 2.45) is 0 Å². The molecule has 0 atom stereocenters. The Morgan fingerprint density at radius 2 is 1.53 bits per heavy atom. The molecule has 0 aliphatic rings. The maximum atomic E-state index is 14.1. The Labute approximate surface area is 173 Å². The van der Waals surface area contributed by atoms with Gasteiger partial charge in [0, 0.05) is 11.8 Å². The molecule has 8 heteroatoms. The lowest BCUT2D eigenvalue weighted by molar-refractivity contribution is 0.102. The summed E-state index contributed by atoms with van der Waals surface area (Å²) in [5.41, 5.74) is 1.40. The van der Waals surface area contributed by atoms with Crippen molar-refractivity contribution >= 4 is 33.0 Å². The van der Waals surface area contributed by atoms with Gasteiger partial charge in [-0.1, -0.05) is 29.8 Å². The molecule has 30 heavy (non-hydrogen) atoms. The Morgan fingerprint density at radius 3 is 2.23 bits per heavy atom. The van der Waals surface area contributed by atoms with Crippen LogP contribution in [0.3, 0.4) is 0 Å². The van der Waals surface area contributed by atoms with Gasteiger partial charge >= 0.3 is 0 Å². The molecule has 0 saturated heterocycles. The minimum Gasteiger partial charge on any atom is -0.321 e. The van der Waals surface area contributed by atoms with E-state index >= 15 is 0 Å². The van der Waals surface area contributed by atoms with Crippen molar-refractivity contribution in [1.82, 2.24) is 0 Å². The molecule has 6 nitrogen and oxygen atoms in total. The van der Waals surface area contributed by atoms with E-state index in [1.54, 1.807) is 36.4 Å². The number of anilines is 2. The lowest BCUT2D eigenvalue weighted by atomic mass is 10.1. The molecule has 3 aromatic rings. The second-order valence-electron chi connectivity index (χ2n) is 6.74. The summed E-state index contributed by atoms with van der Waals surface area (Å²) in [6.45, 7) is 1.86. The predicted molar refractivity (Wildman–Crippen MR) is 113 cm³/mol. The average molecular weight is 426 g/mol. The fraction of sp³-hybridized carbons (Fsp3) is 0.0909. The smallest absolute Gasteiger partial charge is 0.257 e. The summed E-state index contributed by atoms with van der Waals surface area (Å²) in [6, 6.07) is 16.4. The molecule has 0 aromatic heterocycles. The molecule has 0 spiro atoms. The molecule has 2 N–H and O–H groups in total. The van der Waals surface area contributed by atoms with Crippen molar-refractivity contribution < 1.29 is 22.4 Å². The zero-order valence-electron chi connectivity index (χ0n) is 16.3. The monoisotopic (exact) mass is 426 g/mol. The highest BCUT2D eigenvalue weighted by atomic mass is 32.2. The number of para-hydroxylation sites is 1. The number of amides is 2. The van der Waals surface area contributed by atoms with Gasteiger partial charge < -0.3 is 10.6 Å². The molecule has 0 unspecified atom stereocenters. The van der Waals surface area contributed by atoms with Crippen molar-refractivity contribution in [1.29, 1.82) is 0 Å². The van der Waals surface area contributed by atoms with E-state index in [0.29, 0.717) is 5.56 Å². The first-order valence-electron chi connectivity index (χ1n) is 8.93. The Kier molecular flexibility index (Phi) is 5.98. The van der Waals surface area contributed by atoms with Crippen LogP contribution >= 0.6 is 0 Å². The van der Waals surface area contributed by atoms with Crippen molar-refractivity contribution in [2.45, 2.75) is 11.8 Å². The van der Waals surface area contributed by atoms with Crippen LogP contribution in [-0.2, 0) is 9.84 Å². The van der Waals surface area contributed by atoms with Gasteiger partial charge in [0.1, 0.15) is 5.82 Å². The first kappa shape index (κ1) is 21.2. The standard InChI is InChI=1S/C22H19FN2O4S/c1-14-6-5-7-15(12-14)21(26)24-19-9-4-3-8-17(19)22(27)25-20-13-16(30(2,28)29)10-11-18(20)23/h3-13H,1-2H3,(H,24,26)(H,25,27). The lowest BCUT2D eigenvalue weighted by Crippen LogP contribution is -2.19. The molecular weight excluding hydrogens is 407 g/mol. The minimum absolute atomic E-state index is 0.0997. The SMILES string of the molecule is Cc1cccc(C(=O)Nc2ccccc2C(=O)Nc2cc(S(C)(=O)=O)ccc2F)c1. The van der Waals surface area contributed by atoms with Gasteiger partial charge in [-0.15, -0.1) is 0 Å². The van der Waals surface area contributed by atoms with Crippen LogP contribution in [0.15, 0.2) is 71.6 Å². The fourth-order valence-corrected chi connectivity index (χ4v) is 3.44. The van der Waals surface area contributed by atoms with Crippen molar-refractivity contribution in [3.05, 3.63) is 89.2 Å². The number of benzene rings is 3. The first-order chi connectivity index (χ1) is 14.1. The van der Waals surface area contributed by atoms with Crippen LogP contribution in [0.2, 0.25) is 0 Å². The van der Waals surface area contributed by atoms with E-state index in [4.69, 9.17) is 0 Å². The van der Waals surface area contributed by atoms with Crippen LogP contribution in [0.4, 0.5) is 15.8 Å². The highest BCUT2D eigenvalue weighted by molar-refractivity contribution is 7.90. The summed E-state index contributed by atoms with van der Waals surface area (Å²) in [5.74, 6) is -1.87. The Morgan fingerprint density at radius 1 is 0.833 bits per heavy atom. The molecule has 3 rings (SSSR count). The van der Waals surface area contributed by atoms with Gasteiger partial charge in [0.15, 0.2) is 9.84 Å². The number of carbonyl (C=O) groups is 2. The highest BCUT2D eigenvalue weighted by Gasteiger charge is 2.17. The summed E-state index contributed by atoms with van der Waals surface area (Å²) in [5, 5.41) is 5.05. The molecule has 0 aliphatic carbocycles. The summed E-state index contributed by atoms with van der Waals surface area (Å²) >= 11 is 0. The first-order valence-corrected chi connectivity index (χ1v) is 10.8. The third kappa shape index (κ3) is 4.90. The second kappa shape index (κ2) is 8.46. The van der Waals surface area contributed by atoms with E-state index < -0.39 is 27.5 Å². The number of hydrogen-bond acceptors (Lipinski definition) is 4. The van der Waals surface area contributed by atoms with E-state index in [9.17, 15) is 22.4 Å². The van der Waals surface area contributed by atoms with Crippen molar-refractivity contribution in [3.8, 4) is 0 Å². The van der Waals surface area contributed by atoms with Crippen LogP contribution in [0, 0.1) is 12.7 Å². The van der Waals surface area contributed by atoms with Crippen LogP contribution in [0.1, 0.15) is 26.3 Å². The molecule has 3 aromatic carbocycles. The summed E-state index contributed by atoms with van der Waals surface area (Å²) in [7, 11) is -3.58. The van der Waals surface area contributed by atoms with Gasteiger partial charge in [-0.25, -0.2) is 12.8 Å². The molecule has 0 bridgehead atoms. The minimum atomic E-state index is -3.58. The summed E-state index contributed by atoms with van der Waals surface area (Å²) in [6.07, 6.45) is 0.988. The van der Waals surface area contributed by atoms with E-state index in [-0.39, 0.29) is 21.8 Å². The summed E-state index contributed by atoms with van der Waals surface area (Å²) < 4.78 is 37.5. The number of nitrogens with one attached hydrogen (secondary N) is 2. The number of rotatable bonds is 5. The molecule has 154 valence electrons. The molecule has 0 aliphatic heterocycles. The number of aryl methyl sites for hydroxylation is 1. The van der Waals surface area contributed by atoms with Gasteiger partial charge in [0.05, 0.1) is 21.8 Å². The average Bonchev–Trinajstić information content (AvgIpc) is 2.69. The zero-order chi connectivity index (χ0) is 21.9. The molecule has 0 heterocycles. The van der Waals surface area contributed by atoms with Crippen LogP contribution in [0.25, 0.3) is 0 Å². The maximum absolute atomic E-state index is 14.1. The second-order valence-corrected chi connectivity index (χ2v) is 8.75. The number of sulfone groups is 1. The molecular formula is C22H19FN2O4S. The Balaban J connectivity index is 1.87. The van der Waals surface area contributed by atoms with E-state index in [1.165, 1.54) is 6.07 Å². The third-order valence-corrected chi connectivity index (χ3v) is 5.42. The van der Waals surface area contributed by atoms with Gasteiger partial charge in [0.25, 0.3) is 11.8 Å². The molecule has 0 radical (unpaired) electrons. The van der Waals surface area contributed by atoms with E-state index in [0.717, 1.165) is 30.0 Å². The molecule has 0 saturated carbocycles. The molecule has 0 fully saturated rings. The zero-order valence-corrected chi connectivity index (χ0v) is 17.1. The van der Waals surface area contributed by atoms with Gasteiger partial charge in [-0.3, -0.25) is 9.59 Å². The largest absolute Gasteiger partial charge is 0.321 e. The van der Waals surface area contributed by atoms with Gasteiger partial charge in [-0.2, -0.15) is 0 Å². The van der Waals surface area contributed by atoms with Gasteiger partial charge in [0.2, 0.25) is 0 Å². The Bertz CT molecular complexity index is 1240. The van der Waals surface area contributed by atoms with Gasteiger partial charge in [-0.05, 0) is 49.4 Å². The lowest BCUT2D eigenvalue weighted by Gasteiger charge is -2.13.